The molecule has 0 aliphatic carbocycles. The van der Waals surface area contributed by atoms with E-state index in [1.165, 1.54) is 0 Å². The lowest BCUT2D eigenvalue weighted by molar-refractivity contribution is -0.144. The van der Waals surface area contributed by atoms with Crippen LogP contribution in [0.5, 0.6) is 0 Å². The van der Waals surface area contributed by atoms with Crippen LogP contribution in [0.25, 0.3) is 0 Å². The van der Waals surface area contributed by atoms with E-state index >= 15 is 0 Å². The SMILES string of the molecule is CCCCOC(=O)CCN(CCCO)CCC(=O)OCCCC. The predicted molar refractivity (Wildman–Crippen MR) is 89.1 cm³/mol. The Balaban J connectivity index is 4.00. The van der Waals surface area contributed by atoms with Gasteiger partial charge in [-0.05, 0) is 19.3 Å². The van der Waals surface area contributed by atoms with Gasteiger partial charge in [-0.3, -0.25) is 9.59 Å². The molecule has 0 aliphatic heterocycles. The molecule has 0 unspecified atom stereocenters. The van der Waals surface area contributed by atoms with Gasteiger partial charge in [-0.1, -0.05) is 26.7 Å². The molecule has 0 aromatic rings. The number of ether oxygens (including phenoxy) is 2. The zero-order valence-electron chi connectivity index (χ0n) is 14.7. The lowest BCUT2D eigenvalue weighted by atomic mass is 10.3. The fourth-order valence-electron chi connectivity index (χ4n) is 1.93. The second kappa shape index (κ2) is 15.7. The van der Waals surface area contributed by atoms with Crippen molar-refractivity contribution in [2.45, 2.75) is 58.8 Å². The standard InChI is InChI=1S/C17H33NO5/c1-3-5-14-22-16(20)8-11-18(10-7-13-19)12-9-17(21)23-15-6-4-2/h19H,3-15H2,1-2H3. The number of hydrogen-bond acceptors (Lipinski definition) is 6. The van der Waals surface area contributed by atoms with Crippen molar-refractivity contribution in [2.24, 2.45) is 0 Å². The number of nitrogens with zero attached hydrogens (tertiary/aromatic N) is 1. The first-order valence-electron chi connectivity index (χ1n) is 8.78. The maximum atomic E-state index is 11.6. The topological polar surface area (TPSA) is 76.1 Å². The maximum absolute atomic E-state index is 11.6. The lowest BCUT2D eigenvalue weighted by Crippen LogP contribution is -2.31. The monoisotopic (exact) mass is 331 g/mol. The molecule has 6 heteroatoms. The quantitative estimate of drug-likeness (QED) is 0.366. The van der Waals surface area contributed by atoms with E-state index < -0.39 is 0 Å². The highest BCUT2D eigenvalue weighted by Crippen LogP contribution is 2.01. The summed E-state index contributed by atoms with van der Waals surface area (Å²) in [5.41, 5.74) is 0. The highest BCUT2D eigenvalue weighted by atomic mass is 16.5. The Morgan fingerprint density at radius 1 is 0.826 bits per heavy atom. The zero-order chi connectivity index (χ0) is 17.3. The van der Waals surface area contributed by atoms with E-state index in [0.29, 0.717) is 52.1 Å². The summed E-state index contributed by atoms with van der Waals surface area (Å²) in [4.78, 5) is 25.2. The van der Waals surface area contributed by atoms with Crippen LogP contribution in [-0.4, -0.2) is 61.4 Å². The van der Waals surface area contributed by atoms with Crippen molar-refractivity contribution < 1.29 is 24.2 Å². The van der Waals surface area contributed by atoms with Crippen LogP contribution in [0.15, 0.2) is 0 Å². The van der Waals surface area contributed by atoms with Gasteiger partial charge in [-0.2, -0.15) is 0 Å². The van der Waals surface area contributed by atoms with E-state index in [-0.39, 0.29) is 18.5 Å². The molecule has 23 heavy (non-hydrogen) atoms. The Morgan fingerprint density at radius 2 is 1.30 bits per heavy atom. The minimum Gasteiger partial charge on any atom is -0.466 e. The lowest BCUT2D eigenvalue weighted by Gasteiger charge is -2.21. The summed E-state index contributed by atoms with van der Waals surface area (Å²) in [7, 11) is 0. The summed E-state index contributed by atoms with van der Waals surface area (Å²) in [5.74, 6) is -0.420. The van der Waals surface area contributed by atoms with Gasteiger partial charge in [0, 0.05) is 26.2 Å². The summed E-state index contributed by atoms with van der Waals surface area (Å²) in [6.45, 7) is 6.85. The summed E-state index contributed by atoms with van der Waals surface area (Å²) >= 11 is 0. The van der Waals surface area contributed by atoms with Crippen LogP contribution in [0.2, 0.25) is 0 Å². The van der Waals surface area contributed by atoms with E-state index in [9.17, 15) is 9.59 Å². The van der Waals surface area contributed by atoms with Crippen molar-refractivity contribution in [3.63, 3.8) is 0 Å². The van der Waals surface area contributed by atoms with E-state index in [1.54, 1.807) is 0 Å². The Labute approximate surface area is 140 Å². The van der Waals surface area contributed by atoms with E-state index in [2.05, 4.69) is 0 Å². The van der Waals surface area contributed by atoms with Crippen LogP contribution in [0, 0.1) is 0 Å². The van der Waals surface area contributed by atoms with Crippen molar-refractivity contribution in [1.29, 1.82) is 0 Å². The first-order valence-corrected chi connectivity index (χ1v) is 8.78. The molecule has 0 heterocycles. The van der Waals surface area contributed by atoms with Crippen molar-refractivity contribution in [1.82, 2.24) is 4.90 Å². The van der Waals surface area contributed by atoms with Crippen molar-refractivity contribution in [2.75, 3.05) is 39.5 Å². The average molecular weight is 331 g/mol. The third-order valence-electron chi connectivity index (χ3n) is 3.42. The molecule has 0 bridgehead atoms. The molecule has 0 atom stereocenters. The molecular formula is C17H33NO5. The zero-order valence-corrected chi connectivity index (χ0v) is 14.7. The number of aliphatic hydroxyl groups excluding tert-OH is 1. The van der Waals surface area contributed by atoms with Crippen LogP contribution in [0.4, 0.5) is 0 Å². The molecule has 0 spiro atoms. The average Bonchev–Trinajstić information content (AvgIpc) is 2.54. The minimum atomic E-state index is -0.210. The molecule has 0 aliphatic rings. The summed E-state index contributed by atoms with van der Waals surface area (Å²) in [6.07, 6.45) is 4.98. The Morgan fingerprint density at radius 3 is 1.70 bits per heavy atom. The van der Waals surface area contributed by atoms with Gasteiger partial charge < -0.3 is 19.5 Å². The smallest absolute Gasteiger partial charge is 0.307 e. The van der Waals surface area contributed by atoms with Crippen molar-refractivity contribution >= 4 is 11.9 Å². The Kier molecular flexibility index (Phi) is 15.0. The van der Waals surface area contributed by atoms with Gasteiger partial charge in [-0.25, -0.2) is 0 Å². The fourth-order valence-corrected chi connectivity index (χ4v) is 1.93. The van der Waals surface area contributed by atoms with Gasteiger partial charge in [-0.15, -0.1) is 0 Å². The van der Waals surface area contributed by atoms with Gasteiger partial charge in [0.1, 0.15) is 0 Å². The number of unbranched alkanes of at least 4 members (excludes halogenated alkanes) is 2. The molecule has 0 aromatic heterocycles. The first-order chi connectivity index (χ1) is 11.1. The second-order valence-corrected chi connectivity index (χ2v) is 5.57. The largest absolute Gasteiger partial charge is 0.466 e. The molecule has 0 radical (unpaired) electrons. The molecule has 1 N–H and O–H groups in total. The highest BCUT2D eigenvalue weighted by Gasteiger charge is 2.12. The second-order valence-electron chi connectivity index (χ2n) is 5.57. The highest BCUT2D eigenvalue weighted by molar-refractivity contribution is 5.70. The predicted octanol–water partition coefficient (Wildman–Crippen LogP) is 2.14. The number of hydrogen-bond donors (Lipinski definition) is 1. The fraction of sp³-hybridized carbons (Fsp3) is 0.882. The number of aliphatic hydroxyl groups is 1. The minimum absolute atomic E-state index is 0.0956. The maximum Gasteiger partial charge on any atom is 0.307 e. The van der Waals surface area contributed by atoms with E-state index in [4.69, 9.17) is 14.6 Å². The molecular weight excluding hydrogens is 298 g/mol. The van der Waals surface area contributed by atoms with Gasteiger partial charge in [0.2, 0.25) is 0 Å². The number of esters is 2. The normalized spacial score (nSPS) is 10.8. The van der Waals surface area contributed by atoms with Crippen LogP contribution >= 0.6 is 0 Å². The number of carbonyl (C=O) groups excluding carboxylic acids is 2. The Bertz CT molecular complexity index is 283. The number of carbonyl (C=O) groups is 2. The molecule has 0 amide bonds. The van der Waals surface area contributed by atoms with Gasteiger partial charge in [0.15, 0.2) is 0 Å². The third kappa shape index (κ3) is 14.2. The van der Waals surface area contributed by atoms with Gasteiger partial charge in [0.05, 0.1) is 26.1 Å². The molecule has 136 valence electrons. The number of rotatable bonds is 15. The van der Waals surface area contributed by atoms with Gasteiger partial charge >= 0.3 is 11.9 Å². The van der Waals surface area contributed by atoms with E-state index in [1.807, 2.05) is 18.7 Å². The molecule has 0 fully saturated rings. The van der Waals surface area contributed by atoms with E-state index in [0.717, 1.165) is 25.7 Å². The first kappa shape index (κ1) is 21.9. The Hall–Kier alpha value is -1.14. The molecule has 0 saturated heterocycles. The third-order valence-corrected chi connectivity index (χ3v) is 3.42. The summed E-state index contributed by atoms with van der Waals surface area (Å²) in [6, 6.07) is 0. The molecule has 0 rings (SSSR count). The van der Waals surface area contributed by atoms with Crippen LogP contribution in [-0.2, 0) is 19.1 Å². The van der Waals surface area contributed by atoms with Crippen LogP contribution in [0.3, 0.4) is 0 Å². The van der Waals surface area contributed by atoms with Crippen LogP contribution in [0.1, 0.15) is 58.8 Å². The molecule has 6 nitrogen and oxygen atoms in total. The van der Waals surface area contributed by atoms with Crippen molar-refractivity contribution in [3.05, 3.63) is 0 Å². The van der Waals surface area contributed by atoms with Gasteiger partial charge in [0.25, 0.3) is 0 Å². The van der Waals surface area contributed by atoms with Crippen molar-refractivity contribution in [3.8, 4) is 0 Å². The summed E-state index contributed by atoms with van der Waals surface area (Å²) in [5, 5.41) is 8.95. The molecule has 0 saturated carbocycles. The van der Waals surface area contributed by atoms with Crippen LogP contribution < -0.4 is 0 Å². The summed E-state index contributed by atoms with van der Waals surface area (Å²) < 4.78 is 10.2. The molecule has 0 aromatic carbocycles.